The van der Waals surface area contributed by atoms with Crippen molar-refractivity contribution >= 4 is 5.78 Å². The minimum absolute atomic E-state index is 0.0459. The van der Waals surface area contributed by atoms with Gasteiger partial charge in [0, 0.05) is 14.2 Å². The second-order valence-electron chi connectivity index (χ2n) is 5.57. The maximum absolute atomic E-state index is 13.1. The lowest BCUT2D eigenvalue weighted by molar-refractivity contribution is -0.197. The van der Waals surface area contributed by atoms with Crippen LogP contribution in [-0.2, 0) is 14.2 Å². The summed E-state index contributed by atoms with van der Waals surface area (Å²) in [5.41, 5.74) is 1.46. The van der Waals surface area contributed by atoms with Gasteiger partial charge in [0.2, 0.25) is 5.78 Å². The van der Waals surface area contributed by atoms with Gasteiger partial charge in [0.25, 0.3) is 5.79 Å². The molecule has 2 rings (SSSR count). The van der Waals surface area contributed by atoms with Crippen molar-refractivity contribution in [2.45, 2.75) is 18.8 Å². The fourth-order valence-corrected chi connectivity index (χ4v) is 2.61. The third kappa shape index (κ3) is 4.04. The van der Waals surface area contributed by atoms with Crippen molar-refractivity contribution in [1.29, 1.82) is 0 Å². The zero-order chi connectivity index (χ0) is 18.3. The molecule has 6 heteroatoms. The molecule has 0 spiro atoms. The van der Waals surface area contributed by atoms with Gasteiger partial charge in [-0.1, -0.05) is 36.4 Å². The average Bonchev–Trinajstić information content (AvgIpc) is 3.15. The van der Waals surface area contributed by atoms with Crippen LogP contribution in [0.1, 0.15) is 29.0 Å². The third-order valence-electron chi connectivity index (χ3n) is 4.13. The summed E-state index contributed by atoms with van der Waals surface area (Å²) < 4.78 is 18.0. The largest absolute Gasteiger partial charge is 0.371 e. The number of methoxy groups -OCH3 is 2. The lowest BCUT2D eigenvalue weighted by Crippen LogP contribution is -2.48. The topological polar surface area (TPSA) is 62.6 Å². The van der Waals surface area contributed by atoms with Crippen LogP contribution in [-0.4, -0.2) is 48.6 Å². The third-order valence-corrected chi connectivity index (χ3v) is 4.13. The standard InChI is InChI=1S/C19H24N2O4/c1-5-11-25-13-19(23-3,24-4)18(22)17-12-20-14-21(17)15(2)16-9-7-6-8-10-16/h5-10,12,14-15H,1,11,13H2,2-4H3/t15-/m1/s1. The minimum Gasteiger partial charge on any atom is -0.371 e. The highest BCUT2D eigenvalue weighted by Gasteiger charge is 2.42. The molecule has 0 unspecified atom stereocenters. The highest BCUT2D eigenvalue weighted by atomic mass is 16.7. The molecule has 0 aliphatic carbocycles. The van der Waals surface area contributed by atoms with E-state index in [-0.39, 0.29) is 18.4 Å². The lowest BCUT2D eigenvalue weighted by atomic mass is 10.1. The van der Waals surface area contributed by atoms with Crippen LogP contribution in [0.5, 0.6) is 0 Å². The Morgan fingerprint density at radius 2 is 2.00 bits per heavy atom. The van der Waals surface area contributed by atoms with Gasteiger partial charge in [-0.25, -0.2) is 4.98 Å². The molecule has 0 aliphatic rings. The Hall–Kier alpha value is -2.28. The number of aromatic nitrogens is 2. The van der Waals surface area contributed by atoms with Gasteiger partial charge in [-0.05, 0) is 12.5 Å². The molecule has 0 saturated heterocycles. The molecule has 0 bridgehead atoms. The minimum atomic E-state index is -1.53. The summed E-state index contributed by atoms with van der Waals surface area (Å²) >= 11 is 0. The van der Waals surface area contributed by atoms with E-state index in [1.807, 2.05) is 37.3 Å². The summed E-state index contributed by atoms with van der Waals surface area (Å²) in [6.45, 7) is 5.84. The number of hydrogen-bond donors (Lipinski definition) is 0. The van der Waals surface area contributed by atoms with Gasteiger partial charge in [0.05, 0.1) is 25.2 Å². The maximum atomic E-state index is 13.1. The molecule has 0 aliphatic heterocycles. The summed E-state index contributed by atoms with van der Waals surface area (Å²) in [6, 6.07) is 9.82. The molecule has 1 atom stereocenters. The number of imidazole rings is 1. The molecule has 0 amide bonds. The van der Waals surface area contributed by atoms with E-state index < -0.39 is 5.79 Å². The molecule has 1 heterocycles. The van der Waals surface area contributed by atoms with E-state index in [0.717, 1.165) is 5.56 Å². The Labute approximate surface area is 148 Å². The SMILES string of the molecule is C=CCOCC(OC)(OC)C(=O)c1cncn1[C@H](C)c1ccccc1. The normalized spacial score (nSPS) is 12.8. The number of benzene rings is 1. The highest BCUT2D eigenvalue weighted by Crippen LogP contribution is 2.24. The number of rotatable bonds is 10. The van der Waals surface area contributed by atoms with Gasteiger partial charge in [0.1, 0.15) is 12.3 Å². The summed E-state index contributed by atoms with van der Waals surface area (Å²) in [4.78, 5) is 17.3. The van der Waals surface area contributed by atoms with Crippen molar-refractivity contribution in [3.05, 3.63) is 66.8 Å². The molecular weight excluding hydrogens is 320 g/mol. The van der Waals surface area contributed by atoms with E-state index in [1.165, 1.54) is 20.4 Å². The zero-order valence-electron chi connectivity index (χ0n) is 14.8. The van der Waals surface area contributed by atoms with E-state index in [0.29, 0.717) is 12.3 Å². The highest BCUT2D eigenvalue weighted by molar-refractivity contribution is 6.00. The molecule has 0 fully saturated rings. The number of nitrogens with zero attached hydrogens (tertiary/aromatic N) is 2. The monoisotopic (exact) mass is 344 g/mol. The molecular formula is C19H24N2O4. The Morgan fingerprint density at radius 1 is 1.32 bits per heavy atom. The van der Waals surface area contributed by atoms with Crippen molar-refractivity contribution in [2.24, 2.45) is 0 Å². The van der Waals surface area contributed by atoms with Gasteiger partial charge >= 0.3 is 0 Å². The average molecular weight is 344 g/mol. The number of Topliss-reactive ketones (excluding diaryl/α,β-unsaturated/α-hetero) is 1. The van der Waals surface area contributed by atoms with Gasteiger partial charge in [-0.15, -0.1) is 6.58 Å². The molecule has 2 aromatic rings. The Balaban J connectivity index is 2.32. The summed E-state index contributed by atoms with van der Waals surface area (Å²) in [7, 11) is 2.83. The van der Waals surface area contributed by atoms with Crippen molar-refractivity contribution in [1.82, 2.24) is 9.55 Å². The van der Waals surface area contributed by atoms with Crippen LogP contribution in [0.4, 0.5) is 0 Å². The van der Waals surface area contributed by atoms with Gasteiger partial charge in [-0.2, -0.15) is 0 Å². The van der Waals surface area contributed by atoms with E-state index in [4.69, 9.17) is 14.2 Å². The van der Waals surface area contributed by atoms with Crippen molar-refractivity contribution in [3.63, 3.8) is 0 Å². The molecule has 25 heavy (non-hydrogen) atoms. The van der Waals surface area contributed by atoms with E-state index >= 15 is 0 Å². The zero-order valence-corrected chi connectivity index (χ0v) is 14.8. The second kappa shape index (κ2) is 8.71. The van der Waals surface area contributed by atoms with Crippen molar-refractivity contribution in [2.75, 3.05) is 27.4 Å². The predicted octanol–water partition coefficient (Wildman–Crippen LogP) is 2.87. The van der Waals surface area contributed by atoms with Gasteiger partial charge in [0.15, 0.2) is 0 Å². The fraction of sp³-hybridized carbons (Fsp3) is 0.368. The Kier molecular flexibility index (Phi) is 6.64. The van der Waals surface area contributed by atoms with Crippen LogP contribution in [0.3, 0.4) is 0 Å². The number of ether oxygens (including phenoxy) is 3. The first-order valence-electron chi connectivity index (χ1n) is 8.00. The summed E-state index contributed by atoms with van der Waals surface area (Å²) in [5, 5.41) is 0. The van der Waals surface area contributed by atoms with Crippen LogP contribution in [0.25, 0.3) is 0 Å². The number of carbonyl (C=O) groups is 1. The van der Waals surface area contributed by atoms with Crippen LogP contribution in [0.2, 0.25) is 0 Å². The van der Waals surface area contributed by atoms with Crippen LogP contribution in [0.15, 0.2) is 55.5 Å². The van der Waals surface area contributed by atoms with Gasteiger partial charge in [-0.3, -0.25) is 4.79 Å². The maximum Gasteiger partial charge on any atom is 0.259 e. The first kappa shape index (κ1) is 19.1. The van der Waals surface area contributed by atoms with Crippen LogP contribution >= 0.6 is 0 Å². The summed E-state index contributed by atoms with van der Waals surface area (Å²) in [5.74, 6) is -1.88. The first-order valence-corrected chi connectivity index (χ1v) is 8.00. The number of hydrogen-bond acceptors (Lipinski definition) is 5. The van der Waals surface area contributed by atoms with E-state index in [9.17, 15) is 4.79 Å². The molecule has 0 radical (unpaired) electrons. The molecule has 0 N–H and O–H groups in total. The molecule has 0 saturated carbocycles. The Bertz CT molecular complexity index is 692. The fourth-order valence-electron chi connectivity index (χ4n) is 2.61. The van der Waals surface area contributed by atoms with E-state index in [2.05, 4.69) is 11.6 Å². The van der Waals surface area contributed by atoms with E-state index in [1.54, 1.807) is 17.0 Å². The van der Waals surface area contributed by atoms with Crippen LogP contribution in [0, 0.1) is 0 Å². The molecule has 1 aromatic carbocycles. The van der Waals surface area contributed by atoms with Crippen molar-refractivity contribution < 1.29 is 19.0 Å². The van der Waals surface area contributed by atoms with Crippen molar-refractivity contribution in [3.8, 4) is 0 Å². The molecule has 134 valence electrons. The smallest absolute Gasteiger partial charge is 0.259 e. The number of ketones is 1. The van der Waals surface area contributed by atoms with Crippen LogP contribution < -0.4 is 0 Å². The van der Waals surface area contributed by atoms with Gasteiger partial charge < -0.3 is 18.8 Å². The summed E-state index contributed by atoms with van der Waals surface area (Å²) in [6.07, 6.45) is 4.75. The predicted molar refractivity (Wildman–Crippen MR) is 94.6 cm³/mol. The molecule has 1 aromatic heterocycles. The second-order valence-corrected chi connectivity index (χ2v) is 5.57. The first-order chi connectivity index (χ1) is 12.1. The molecule has 6 nitrogen and oxygen atoms in total. The number of carbonyl (C=O) groups excluding carboxylic acids is 1. The quantitative estimate of drug-likeness (QED) is 0.287. The lowest BCUT2D eigenvalue weighted by Gasteiger charge is -2.29. The Morgan fingerprint density at radius 3 is 2.60 bits per heavy atom.